The summed E-state index contributed by atoms with van der Waals surface area (Å²) >= 11 is 0. The number of methoxy groups -OCH3 is 1. The van der Waals surface area contributed by atoms with Crippen LogP contribution in [0.5, 0.6) is 0 Å². The van der Waals surface area contributed by atoms with Crippen molar-refractivity contribution in [2.45, 2.75) is 25.6 Å². The lowest BCUT2D eigenvalue weighted by Crippen LogP contribution is -2.36. The van der Waals surface area contributed by atoms with Gasteiger partial charge in [0.2, 0.25) is 0 Å². The Morgan fingerprint density at radius 2 is 2.35 bits per heavy atom. The molecular formula is C14H20FN3O2. The highest BCUT2D eigenvalue weighted by Gasteiger charge is 2.24. The number of benzene rings is 1. The second kappa shape index (κ2) is 6.67. The highest BCUT2D eigenvalue weighted by molar-refractivity contribution is 5.67. The number of nitrogens with two attached hydrogens (primary N) is 1. The molecule has 20 heavy (non-hydrogen) atoms. The van der Waals surface area contributed by atoms with E-state index in [2.05, 4.69) is 15.0 Å². The summed E-state index contributed by atoms with van der Waals surface area (Å²) in [4.78, 5) is 13.4. The molecule has 1 aliphatic rings. The van der Waals surface area contributed by atoms with Crippen molar-refractivity contribution in [3.05, 3.63) is 35.1 Å². The molecular weight excluding hydrogens is 261 g/mol. The van der Waals surface area contributed by atoms with Crippen molar-refractivity contribution >= 4 is 6.09 Å². The zero-order valence-electron chi connectivity index (χ0n) is 11.6. The number of amides is 1. The summed E-state index contributed by atoms with van der Waals surface area (Å²) < 4.78 is 17.8. The summed E-state index contributed by atoms with van der Waals surface area (Å²) in [6.45, 7) is 2.68. The quantitative estimate of drug-likeness (QED) is 0.870. The summed E-state index contributed by atoms with van der Waals surface area (Å²) in [7, 11) is 1.36. The number of rotatable bonds is 4. The van der Waals surface area contributed by atoms with Crippen molar-refractivity contribution in [3.8, 4) is 0 Å². The molecule has 110 valence electrons. The number of carbonyl (C=O) groups excluding carboxylic acids is 1. The molecule has 1 aromatic carbocycles. The number of carbonyl (C=O) groups is 1. The molecule has 3 N–H and O–H groups in total. The van der Waals surface area contributed by atoms with Crippen molar-refractivity contribution < 1.29 is 13.9 Å². The number of likely N-dealkylation sites (tertiary alicyclic amines) is 1. The largest absolute Gasteiger partial charge is 0.453 e. The predicted molar refractivity (Wildman–Crippen MR) is 73.5 cm³/mol. The highest BCUT2D eigenvalue weighted by Crippen LogP contribution is 2.17. The van der Waals surface area contributed by atoms with Crippen LogP contribution in [-0.2, 0) is 17.8 Å². The van der Waals surface area contributed by atoms with Gasteiger partial charge in [-0.25, -0.2) is 9.18 Å². The first-order chi connectivity index (χ1) is 9.62. The van der Waals surface area contributed by atoms with E-state index >= 15 is 0 Å². The Labute approximate surface area is 117 Å². The molecule has 1 aliphatic heterocycles. The third kappa shape index (κ3) is 3.68. The van der Waals surface area contributed by atoms with E-state index in [0.717, 1.165) is 30.6 Å². The fourth-order valence-electron chi connectivity index (χ4n) is 2.50. The molecule has 1 atom stereocenters. The molecule has 2 rings (SSSR count). The summed E-state index contributed by atoms with van der Waals surface area (Å²) in [5.41, 5.74) is 7.51. The molecule has 0 radical (unpaired) electrons. The van der Waals surface area contributed by atoms with E-state index in [9.17, 15) is 9.18 Å². The average molecular weight is 281 g/mol. The molecule has 0 aromatic heterocycles. The minimum Gasteiger partial charge on any atom is -0.453 e. The first-order valence-corrected chi connectivity index (χ1v) is 6.66. The molecule has 0 spiro atoms. The first kappa shape index (κ1) is 14.7. The smallest absolute Gasteiger partial charge is 0.407 e. The van der Waals surface area contributed by atoms with Crippen LogP contribution in [0.15, 0.2) is 18.2 Å². The topological polar surface area (TPSA) is 67.6 Å². The van der Waals surface area contributed by atoms with Crippen molar-refractivity contribution in [1.29, 1.82) is 0 Å². The Morgan fingerprint density at radius 3 is 3.05 bits per heavy atom. The maximum Gasteiger partial charge on any atom is 0.407 e. The predicted octanol–water partition coefficient (Wildman–Crippen LogP) is 1.21. The zero-order chi connectivity index (χ0) is 14.5. The molecule has 0 aliphatic carbocycles. The Morgan fingerprint density at radius 1 is 1.55 bits per heavy atom. The van der Waals surface area contributed by atoms with Crippen LogP contribution in [0.3, 0.4) is 0 Å². The van der Waals surface area contributed by atoms with Gasteiger partial charge in [0.1, 0.15) is 5.82 Å². The van der Waals surface area contributed by atoms with Crippen molar-refractivity contribution in [1.82, 2.24) is 10.2 Å². The lowest BCUT2D eigenvalue weighted by molar-refractivity contribution is 0.166. The maximum atomic E-state index is 13.2. The molecule has 0 saturated carbocycles. The Balaban J connectivity index is 1.93. The number of ether oxygens (including phenoxy) is 1. The van der Waals surface area contributed by atoms with Crippen LogP contribution in [0.4, 0.5) is 9.18 Å². The number of hydrogen-bond donors (Lipinski definition) is 2. The zero-order valence-corrected chi connectivity index (χ0v) is 11.6. The number of halogens is 1. The lowest BCUT2D eigenvalue weighted by Gasteiger charge is -2.18. The molecule has 1 amide bonds. The monoisotopic (exact) mass is 281 g/mol. The van der Waals surface area contributed by atoms with Crippen molar-refractivity contribution in [3.63, 3.8) is 0 Å². The first-order valence-electron chi connectivity index (χ1n) is 6.66. The average Bonchev–Trinajstić information content (AvgIpc) is 2.87. The van der Waals surface area contributed by atoms with E-state index in [4.69, 9.17) is 5.73 Å². The van der Waals surface area contributed by atoms with Crippen LogP contribution in [0.25, 0.3) is 0 Å². The summed E-state index contributed by atoms with van der Waals surface area (Å²) in [5, 5.41) is 2.79. The van der Waals surface area contributed by atoms with Gasteiger partial charge in [-0.15, -0.1) is 0 Å². The maximum absolute atomic E-state index is 13.2. The normalized spacial score (nSPS) is 19.1. The molecule has 1 heterocycles. The molecule has 0 bridgehead atoms. The van der Waals surface area contributed by atoms with Gasteiger partial charge in [0.25, 0.3) is 0 Å². The van der Waals surface area contributed by atoms with Gasteiger partial charge < -0.3 is 15.8 Å². The second-order valence-electron chi connectivity index (χ2n) is 4.97. The number of nitrogens with zero attached hydrogens (tertiary/aromatic N) is 1. The fourth-order valence-corrected chi connectivity index (χ4v) is 2.50. The summed E-state index contributed by atoms with van der Waals surface area (Å²) in [5.74, 6) is -0.263. The van der Waals surface area contributed by atoms with E-state index in [1.807, 2.05) is 0 Å². The van der Waals surface area contributed by atoms with Gasteiger partial charge in [-0.1, -0.05) is 6.07 Å². The van der Waals surface area contributed by atoms with Crippen LogP contribution >= 0.6 is 0 Å². The number of nitrogens with one attached hydrogen (secondary N) is 1. The van der Waals surface area contributed by atoms with Gasteiger partial charge in [-0.3, -0.25) is 4.90 Å². The highest BCUT2D eigenvalue weighted by atomic mass is 19.1. The molecule has 1 saturated heterocycles. The van der Waals surface area contributed by atoms with E-state index in [1.54, 1.807) is 6.07 Å². The SMILES string of the molecule is COC(=O)NC1CCN(Cc2ccc(F)cc2CN)C1. The standard InChI is InChI=1S/C14H20FN3O2/c1-20-14(19)17-13-4-5-18(9-13)8-10-2-3-12(15)6-11(10)7-16/h2-3,6,13H,4-5,7-9,16H2,1H3,(H,17,19). The van der Waals surface area contributed by atoms with Gasteiger partial charge in [-0.05, 0) is 29.7 Å². The fraction of sp³-hybridized carbons (Fsp3) is 0.500. The molecule has 1 aromatic rings. The third-order valence-electron chi connectivity index (χ3n) is 3.56. The summed E-state index contributed by atoms with van der Waals surface area (Å²) in [6.07, 6.45) is 0.482. The number of hydrogen-bond acceptors (Lipinski definition) is 4. The van der Waals surface area contributed by atoms with Gasteiger partial charge in [0, 0.05) is 32.2 Å². The second-order valence-corrected chi connectivity index (χ2v) is 4.97. The van der Waals surface area contributed by atoms with Gasteiger partial charge in [0.05, 0.1) is 7.11 Å². The van der Waals surface area contributed by atoms with Crippen LogP contribution in [0.2, 0.25) is 0 Å². The van der Waals surface area contributed by atoms with Crippen molar-refractivity contribution in [2.24, 2.45) is 5.73 Å². The Hall–Kier alpha value is -1.66. The van der Waals surface area contributed by atoms with E-state index in [-0.39, 0.29) is 11.9 Å². The minimum atomic E-state index is -0.402. The summed E-state index contributed by atoms with van der Waals surface area (Å²) in [6, 6.07) is 4.81. The van der Waals surface area contributed by atoms with E-state index in [0.29, 0.717) is 13.1 Å². The van der Waals surface area contributed by atoms with Crippen molar-refractivity contribution in [2.75, 3.05) is 20.2 Å². The van der Waals surface area contributed by atoms with E-state index in [1.165, 1.54) is 19.2 Å². The lowest BCUT2D eigenvalue weighted by atomic mass is 10.1. The van der Waals surface area contributed by atoms with Crippen LogP contribution in [0.1, 0.15) is 17.5 Å². The van der Waals surface area contributed by atoms with Gasteiger partial charge in [-0.2, -0.15) is 0 Å². The molecule has 5 nitrogen and oxygen atoms in total. The van der Waals surface area contributed by atoms with Crippen LogP contribution < -0.4 is 11.1 Å². The minimum absolute atomic E-state index is 0.101. The molecule has 1 unspecified atom stereocenters. The number of alkyl carbamates (subject to hydrolysis) is 1. The Bertz CT molecular complexity index is 481. The third-order valence-corrected chi connectivity index (χ3v) is 3.56. The molecule has 1 fully saturated rings. The molecule has 6 heteroatoms. The van der Waals surface area contributed by atoms with Crippen LogP contribution in [-0.4, -0.2) is 37.2 Å². The van der Waals surface area contributed by atoms with Crippen LogP contribution in [0, 0.1) is 5.82 Å². The van der Waals surface area contributed by atoms with Gasteiger partial charge in [0.15, 0.2) is 0 Å². The van der Waals surface area contributed by atoms with Gasteiger partial charge >= 0.3 is 6.09 Å². The van der Waals surface area contributed by atoms with E-state index < -0.39 is 6.09 Å². The Kier molecular flexibility index (Phi) is 4.92.